The second-order valence-electron chi connectivity index (χ2n) is 4.37. The highest BCUT2D eigenvalue weighted by atomic mass is 32.1. The molecular formula is C13H13N3OS. The van der Waals surface area contributed by atoms with Gasteiger partial charge in [0.2, 0.25) is 5.91 Å². The van der Waals surface area contributed by atoms with Crippen molar-refractivity contribution in [1.82, 2.24) is 4.98 Å². The molecule has 1 heterocycles. The first kappa shape index (κ1) is 12.5. The van der Waals surface area contributed by atoms with Gasteiger partial charge in [0.25, 0.3) is 0 Å². The summed E-state index contributed by atoms with van der Waals surface area (Å²) in [4.78, 5) is 16.1. The fourth-order valence-electron chi connectivity index (χ4n) is 1.66. The van der Waals surface area contributed by atoms with E-state index in [1.807, 2.05) is 32.0 Å². The predicted molar refractivity (Wildman–Crippen MR) is 72.2 cm³/mol. The molecule has 92 valence electrons. The molecule has 4 nitrogen and oxygen atoms in total. The summed E-state index contributed by atoms with van der Waals surface area (Å²) in [5.74, 6) is -0.874. The van der Waals surface area contributed by atoms with Crippen molar-refractivity contribution in [1.29, 1.82) is 5.26 Å². The van der Waals surface area contributed by atoms with Gasteiger partial charge in [0, 0.05) is 5.69 Å². The van der Waals surface area contributed by atoms with Gasteiger partial charge in [-0.05, 0) is 24.1 Å². The lowest BCUT2D eigenvalue weighted by Gasteiger charge is -2.12. The maximum atomic E-state index is 11.9. The van der Waals surface area contributed by atoms with Crippen molar-refractivity contribution in [3.05, 3.63) is 23.7 Å². The maximum Gasteiger partial charge on any atom is 0.241 e. The Labute approximate surface area is 109 Å². The molecule has 0 spiro atoms. The van der Waals surface area contributed by atoms with E-state index in [4.69, 9.17) is 5.26 Å². The summed E-state index contributed by atoms with van der Waals surface area (Å²) in [5.41, 5.74) is 3.39. The van der Waals surface area contributed by atoms with Gasteiger partial charge in [-0.25, -0.2) is 4.98 Å². The van der Waals surface area contributed by atoms with E-state index >= 15 is 0 Å². The largest absolute Gasteiger partial charge is 0.325 e. The zero-order valence-electron chi connectivity index (χ0n) is 10.2. The molecule has 0 saturated heterocycles. The number of anilines is 1. The summed E-state index contributed by atoms with van der Waals surface area (Å²) in [6.07, 6.45) is 0. The van der Waals surface area contributed by atoms with E-state index in [1.165, 1.54) is 11.3 Å². The van der Waals surface area contributed by atoms with Gasteiger partial charge in [-0.1, -0.05) is 13.8 Å². The van der Waals surface area contributed by atoms with Crippen LogP contribution in [0.2, 0.25) is 0 Å². The van der Waals surface area contributed by atoms with Crippen molar-refractivity contribution in [3.63, 3.8) is 0 Å². The minimum absolute atomic E-state index is 0.00198. The molecule has 5 heteroatoms. The zero-order valence-corrected chi connectivity index (χ0v) is 11.0. The second kappa shape index (κ2) is 5.15. The number of aromatic nitrogens is 1. The van der Waals surface area contributed by atoms with Gasteiger partial charge < -0.3 is 5.32 Å². The molecule has 0 radical (unpaired) electrons. The summed E-state index contributed by atoms with van der Waals surface area (Å²) >= 11 is 1.52. The third-order valence-corrected chi connectivity index (χ3v) is 3.48. The molecule has 0 aliphatic rings. The molecular weight excluding hydrogens is 246 g/mol. The number of thiazole rings is 1. The number of hydrogen-bond acceptors (Lipinski definition) is 4. The Kier molecular flexibility index (Phi) is 3.58. The number of amides is 1. The standard InChI is InChI=1S/C13H13N3OS/c1-8(2)10(6-14)13(17)16-9-3-4-11-12(5-9)18-7-15-11/h3-5,7-8,10H,1-2H3,(H,16,17). The minimum Gasteiger partial charge on any atom is -0.325 e. The molecule has 2 rings (SSSR count). The third-order valence-electron chi connectivity index (χ3n) is 2.69. The molecule has 1 amide bonds. The van der Waals surface area contributed by atoms with Gasteiger partial charge in [-0.3, -0.25) is 4.79 Å². The van der Waals surface area contributed by atoms with Crippen LogP contribution in [0.1, 0.15) is 13.8 Å². The molecule has 0 saturated carbocycles. The van der Waals surface area contributed by atoms with Crippen LogP contribution in [-0.2, 0) is 4.79 Å². The van der Waals surface area contributed by atoms with Crippen LogP contribution in [-0.4, -0.2) is 10.9 Å². The number of rotatable bonds is 3. The van der Waals surface area contributed by atoms with Crippen LogP contribution < -0.4 is 5.32 Å². The number of carbonyl (C=O) groups excluding carboxylic acids is 1. The molecule has 0 aliphatic heterocycles. The van der Waals surface area contributed by atoms with Crippen LogP contribution in [0.4, 0.5) is 5.69 Å². The SMILES string of the molecule is CC(C)C(C#N)C(=O)Nc1ccc2ncsc2c1. The lowest BCUT2D eigenvalue weighted by molar-refractivity contribution is -0.119. The second-order valence-corrected chi connectivity index (χ2v) is 5.26. The van der Waals surface area contributed by atoms with E-state index in [2.05, 4.69) is 10.3 Å². The molecule has 2 aromatic rings. The highest BCUT2D eigenvalue weighted by Gasteiger charge is 2.21. The Morgan fingerprint density at radius 2 is 2.28 bits per heavy atom. The fraction of sp³-hybridized carbons (Fsp3) is 0.308. The average molecular weight is 259 g/mol. The first-order valence-electron chi connectivity index (χ1n) is 5.65. The van der Waals surface area contributed by atoms with Gasteiger partial charge in [0.15, 0.2) is 0 Å². The number of benzene rings is 1. The lowest BCUT2D eigenvalue weighted by atomic mass is 9.96. The maximum absolute atomic E-state index is 11.9. The Hall–Kier alpha value is -1.93. The van der Waals surface area contributed by atoms with E-state index in [-0.39, 0.29) is 11.8 Å². The lowest BCUT2D eigenvalue weighted by Crippen LogP contribution is -2.25. The van der Waals surface area contributed by atoms with E-state index in [9.17, 15) is 4.79 Å². The van der Waals surface area contributed by atoms with Crippen molar-refractivity contribution in [2.45, 2.75) is 13.8 Å². The summed E-state index contributed by atoms with van der Waals surface area (Å²) in [6.45, 7) is 3.72. The van der Waals surface area contributed by atoms with E-state index < -0.39 is 5.92 Å². The highest BCUT2D eigenvalue weighted by molar-refractivity contribution is 7.16. The van der Waals surface area contributed by atoms with Crippen molar-refractivity contribution < 1.29 is 4.79 Å². The number of nitrogens with one attached hydrogen (secondary N) is 1. The molecule has 0 aliphatic carbocycles. The summed E-state index contributed by atoms with van der Waals surface area (Å²) in [6, 6.07) is 7.57. The monoisotopic (exact) mass is 259 g/mol. The van der Waals surface area contributed by atoms with Crippen LogP contribution in [0.25, 0.3) is 10.2 Å². The van der Waals surface area contributed by atoms with Crippen molar-refractivity contribution >= 4 is 33.1 Å². The van der Waals surface area contributed by atoms with Gasteiger partial charge in [-0.15, -0.1) is 11.3 Å². The number of nitriles is 1. The van der Waals surface area contributed by atoms with Crippen LogP contribution in [0.15, 0.2) is 23.7 Å². The third kappa shape index (κ3) is 2.49. The number of hydrogen-bond donors (Lipinski definition) is 1. The Morgan fingerprint density at radius 1 is 1.50 bits per heavy atom. The van der Waals surface area contributed by atoms with Crippen molar-refractivity contribution in [3.8, 4) is 6.07 Å². The van der Waals surface area contributed by atoms with E-state index in [0.717, 1.165) is 10.2 Å². The number of nitrogens with zero attached hydrogens (tertiary/aromatic N) is 2. The molecule has 1 atom stereocenters. The van der Waals surface area contributed by atoms with Gasteiger partial charge in [0.1, 0.15) is 5.92 Å². The van der Waals surface area contributed by atoms with E-state index in [1.54, 1.807) is 11.6 Å². The Balaban J connectivity index is 2.18. The van der Waals surface area contributed by atoms with Crippen LogP contribution in [0.5, 0.6) is 0 Å². The first-order chi connectivity index (χ1) is 8.61. The van der Waals surface area contributed by atoms with Crippen LogP contribution in [0.3, 0.4) is 0 Å². The van der Waals surface area contributed by atoms with Gasteiger partial charge in [0.05, 0.1) is 21.8 Å². The Bertz CT molecular complexity index is 612. The number of fused-ring (bicyclic) bond motifs is 1. The number of carbonyl (C=O) groups is 1. The highest BCUT2D eigenvalue weighted by Crippen LogP contribution is 2.22. The molecule has 1 aromatic carbocycles. The normalized spacial score (nSPS) is 12.3. The summed E-state index contributed by atoms with van der Waals surface area (Å²) < 4.78 is 1.02. The summed E-state index contributed by atoms with van der Waals surface area (Å²) in [5, 5.41) is 11.7. The quantitative estimate of drug-likeness (QED) is 0.921. The molecule has 0 fully saturated rings. The van der Waals surface area contributed by atoms with Crippen LogP contribution in [0, 0.1) is 23.2 Å². The molecule has 0 bridgehead atoms. The molecule has 18 heavy (non-hydrogen) atoms. The van der Waals surface area contributed by atoms with Crippen molar-refractivity contribution in [2.75, 3.05) is 5.32 Å². The Morgan fingerprint density at radius 3 is 2.94 bits per heavy atom. The average Bonchev–Trinajstić information content (AvgIpc) is 2.76. The molecule has 1 aromatic heterocycles. The minimum atomic E-state index is -0.623. The van der Waals surface area contributed by atoms with Crippen LogP contribution >= 0.6 is 11.3 Å². The van der Waals surface area contributed by atoms with Gasteiger partial charge in [-0.2, -0.15) is 5.26 Å². The molecule has 1 N–H and O–H groups in total. The molecule has 1 unspecified atom stereocenters. The topological polar surface area (TPSA) is 65.8 Å². The summed E-state index contributed by atoms with van der Waals surface area (Å²) in [7, 11) is 0. The first-order valence-corrected chi connectivity index (χ1v) is 6.53. The predicted octanol–water partition coefficient (Wildman–Crippen LogP) is 3.03. The van der Waals surface area contributed by atoms with E-state index in [0.29, 0.717) is 5.69 Å². The van der Waals surface area contributed by atoms with Crippen molar-refractivity contribution in [2.24, 2.45) is 11.8 Å². The fourth-order valence-corrected chi connectivity index (χ4v) is 2.38. The zero-order chi connectivity index (χ0) is 13.1. The van der Waals surface area contributed by atoms with Gasteiger partial charge >= 0.3 is 0 Å². The smallest absolute Gasteiger partial charge is 0.241 e.